The van der Waals surface area contributed by atoms with Crippen LogP contribution in [0, 0.1) is 11.3 Å². The van der Waals surface area contributed by atoms with Crippen molar-refractivity contribution < 1.29 is 19.1 Å². The minimum absolute atomic E-state index is 0.0739. The summed E-state index contributed by atoms with van der Waals surface area (Å²) in [6, 6.07) is 1.73. The molecule has 0 aromatic heterocycles. The van der Waals surface area contributed by atoms with Crippen molar-refractivity contribution in [3.8, 4) is 6.07 Å². The van der Waals surface area contributed by atoms with E-state index >= 15 is 0 Å². The average Bonchev–Trinajstić information content (AvgIpc) is 2.19. The molecule has 0 spiro atoms. The number of hydrogen-bond acceptors (Lipinski definition) is 5. The van der Waals surface area contributed by atoms with Crippen LogP contribution in [0.4, 0.5) is 0 Å². The Kier molecular flexibility index (Phi) is 6.61. The van der Waals surface area contributed by atoms with E-state index in [1.165, 1.54) is 6.92 Å². The normalized spacial score (nSPS) is 11.1. The SMILES string of the molecule is CCOC(=O)C/C(C)=C(/C#N)C(=O)OCC. The Morgan fingerprint density at radius 3 is 2.19 bits per heavy atom. The molecule has 0 saturated heterocycles. The zero-order valence-electron chi connectivity index (χ0n) is 9.70. The first-order valence-electron chi connectivity index (χ1n) is 4.99. The molecule has 16 heavy (non-hydrogen) atoms. The summed E-state index contributed by atoms with van der Waals surface area (Å²) < 4.78 is 9.40. The predicted octanol–water partition coefficient (Wildman–Crippen LogP) is 1.34. The number of carbonyl (C=O) groups excluding carboxylic acids is 2. The van der Waals surface area contributed by atoms with Crippen LogP contribution in [-0.2, 0) is 19.1 Å². The Balaban J connectivity index is 4.69. The van der Waals surface area contributed by atoms with Crippen molar-refractivity contribution in [3.63, 3.8) is 0 Å². The van der Waals surface area contributed by atoms with Crippen molar-refractivity contribution in [2.45, 2.75) is 27.2 Å². The van der Waals surface area contributed by atoms with Crippen molar-refractivity contribution in [3.05, 3.63) is 11.1 Å². The molecule has 0 rings (SSSR count). The molecule has 88 valence electrons. The molecule has 0 heterocycles. The molecule has 5 nitrogen and oxygen atoms in total. The summed E-state index contributed by atoms with van der Waals surface area (Å²) in [4.78, 5) is 22.4. The fraction of sp³-hybridized carbons (Fsp3) is 0.545. The quantitative estimate of drug-likeness (QED) is 0.401. The van der Waals surface area contributed by atoms with Crippen LogP contribution in [0.25, 0.3) is 0 Å². The maximum Gasteiger partial charge on any atom is 0.348 e. The van der Waals surface area contributed by atoms with Crippen LogP contribution < -0.4 is 0 Å². The van der Waals surface area contributed by atoms with Gasteiger partial charge in [0.1, 0.15) is 11.6 Å². The summed E-state index contributed by atoms with van der Waals surface area (Å²) >= 11 is 0. The minimum atomic E-state index is -0.702. The van der Waals surface area contributed by atoms with Crippen molar-refractivity contribution in [2.75, 3.05) is 13.2 Å². The van der Waals surface area contributed by atoms with Crippen LogP contribution in [0.15, 0.2) is 11.1 Å². The second-order valence-electron chi connectivity index (χ2n) is 2.97. The van der Waals surface area contributed by atoms with E-state index in [9.17, 15) is 9.59 Å². The molecule has 0 atom stereocenters. The van der Waals surface area contributed by atoms with Crippen LogP contribution in [0.1, 0.15) is 27.2 Å². The Labute approximate surface area is 94.6 Å². The summed E-state index contributed by atoms with van der Waals surface area (Å²) in [6.07, 6.45) is -0.0739. The molecule has 5 heteroatoms. The molecule has 0 bridgehead atoms. The molecule has 0 aliphatic rings. The van der Waals surface area contributed by atoms with Gasteiger partial charge in [0.15, 0.2) is 0 Å². The van der Waals surface area contributed by atoms with E-state index in [0.29, 0.717) is 5.57 Å². The van der Waals surface area contributed by atoms with Gasteiger partial charge in [-0.3, -0.25) is 4.79 Å². The predicted molar refractivity (Wildman–Crippen MR) is 56.2 cm³/mol. The van der Waals surface area contributed by atoms with Crippen LogP contribution >= 0.6 is 0 Å². The zero-order chi connectivity index (χ0) is 12.6. The third-order valence-electron chi connectivity index (χ3n) is 1.73. The third-order valence-corrected chi connectivity index (χ3v) is 1.73. The lowest BCUT2D eigenvalue weighted by molar-refractivity contribution is -0.142. The van der Waals surface area contributed by atoms with Crippen molar-refractivity contribution in [1.29, 1.82) is 5.26 Å². The largest absolute Gasteiger partial charge is 0.466 e. The lowest BCUT2D eigenvalue weighted by atomic mass is 10.1. The molecule has 0 amide bonds. The van der Waals surface area contributed by atoms with Crippen molar-refractivity contribution in [1.82, 2.24) is 0 Å². The fourth-order valence-electron chi connectivity index (χ4n) is 1.04. The van der Waals surface area contributed by atoms with Gasteiger partial charge in [-0.15, -0.1) is 0 Å². The highest BCUT2D eigenvalue weighted by molar-refractivity contribution is 5.94. The maximum atomic E-state index is 11.3. The topological polar surface area (TPSA) is 76.4 Å². The standard InChI is InChI=1S/C11H15NO4/c1-4-15-10(13)6-8(3)9(7-12)11(14)16-5-2/h4-6H2,1-3H3/b9-8-. The van der Waals surface area contributed by atoms with E-state index in [2.05, 4.69) is 4.74 Å². The lowest BCUT2D eigenvalue weighted by Crippen LogP contribution is -2.11. The first-order valence-corrected chi connectivity index (χ1v) is 4.99. The fourth-order valence-corrected chi connectivity index (χ4v) is 1.04. The zero-order valence-corrected chi connectivity index (χ0v) is 9.70. The van der Waals surface area contributed by atoms with Gasteiger partial charge in [-0.2, -0.15) is 5.26 Å². The Morgan fingerprint density at radius 2 is 1.75 bits per heavy atom. The molecule has 0 fully saturated rings. The molecule has 0 aromatic rings. The van der Waals surface area contributed by atoms with Crippen LogP contribution in [0.5, 0.6) is 0 Å². The molecular formula is C11H15NO4. The minimum Gasteiger partial charge on any atom is -0.466 e. The van der Waals surface area contributed by atoms with Gasteiger partial charge < -0.3 is 9.47 Å². The molecule has 0 saturated carbocycles. The Hall–Kier alpha value is -1.83. The highest BCUT2D eigenvalue weighted by Crippen LogP contribution is 2.10. The molecule has 0 unspecified atom stereocenters. The van der Waals surface area contributed by atoms with Gasteiger partial charge in [-0.25, -0.2) is 4.79 Å². The number of hydrogen-bond donors (Lipinski definition) is 0. The number of carbonyl (C=O) groups is 2. The van der Waals surface area contributed by atoms with Gasteiger partial charge in [0.25, 0.3) is 0 Å². The van der Waals surface area contributed by atoms with Crippen molar-refractivity contribution in [2.24, 2.45) is 0 Å². The lowest BCUT2D eigenvalue weighted by Gasteiger charge is -2.05. The Morgan fingerprint density at radius 1 is 1.19 bits per heavy atom. The van der Waals surface area contributed by atoms with Crippen molar-refractivity contribution >= 4 is 11.9 Å². The highest BCUT2D eigenvalue weighted by atomic mass is 16.5. The van der Waals surface area contributed by atoms with Gasteiger partial charge in [-0.05, 0) is 26.3 Å². The first-order chi connectivity index (χ1) is 7.56. The maximum absolute atomic E-state index is 11.3. The molecule has 0 aliphatic heterocycles. The number of rotatable bonds is 5. The summed E-state index contributed by atoms with van der Waals surface area (Å²) in [5, 5.41) is 8.78. The van der Waals surface area contributed by atoms with Crippen LogP contribution in [0.3, 0.4) is 0 Å². The second-order valence-corrected chi connectivity index (χ2v) is 2.97. The van der Waals surface area contributed by atoms with E-state index in [1.807, 2.05) is 0 Å². The molecule has 0 N–H and O–H groups in total. The third kappa shape index (κ3) is 4.60. The monoisotopic (exact) mass is 225 g/mol. The molecule has 0 aliphatic carbocycles. The van der Waals surface area contributed by atoms with E-state index in [1.54, 1.807) is 19.9 Å². The van der Waals surface area contributed by atoms with Crippen LogP contribution in [0.2, 0.25) is 0 Å². The molecular weight excluding hydrogens is 210 g/mol. The number of nitrogens with zero attached hydrogens (tertiary/aromatic N) is 1. The summed E-state index contributed by atoms with van der Waals surface area (Å²) in [6.45, 7) is 5.33. The Bertz CT molecular complexity index is 338. The molecule has 0 radical (unpaired) electrons. The average molecular weight is 225 g/mol. The molecule has 0 aromatic carbocycles. The summed E-state index contributed by atoms with van der Waals surface area (Å²) in [5.74, 6) is -1.16. The second kappa shape index (κ2) is 7.46. The van der Waals surface area contributed by atoms with E-state index < -0.39 is 11.9 Å². The van der Waals surface area contributed by atoms with Gasteiger partial charge in [0, 0.05) is 0 Å². The number of esters is 2. The van der Waals surface area contributed by atoms with E-state index in [0.717, 1.165) is 0 Å². The highest BCUT2D eigenvalue weighted by Gasteiger charge is 2.16. The van der Waals surface area contributed by atoms with E-state index in [-0.39, 0.29) is 25.2 Å². The van der Waals surface area contributed by atoms with Gasteiger partial charge in [-0.1, -0.05) is 0 Å². The van der Waals surface area contributed by atoms with Crippen LogP contribution in [-0.4, -0.2) is 25.2 Å². The van der Waals surface area contributed by atoms with Gasteiger partial charge in [0.05, 0.1) is 19.6 Å². The summed E-state index contributed by atoms with van der Waals surface area (Å²) in [5.41, 5.74) is 0.231. The number of ether oxygens (including phenoxy) is 2. The summed E-state index contributed by atoms with van der Waals surface area (Å²) in [7, 11) is 0. The number of nitriles is 1. The van der Waals surface area contributed by atoms with Gasteiger partial charge >= 0.3 is 11.9 Å². The first kappa shape index (κ1) is 14.2. The van der Waals surface area contributed by atoms with E-state index in [4.69, 9.17) is 10.00 Å². The smallest absolute Gasteiger partial charge is 0.348 e. The van der Waals surface area contributed by atoms with Gasteiger partial charge in [0.2, 0.25) is 0 Å².